The molecule has 4 heteroatoms. The third-order valence-corrected chi connectivity index (χ3v) is 2.40. The number of carbonyl (C=O) groups excluding carboxylic acids is 1. The minimum atomic E-state index is -0.205. The van der Waals surface area contributed by atoms with Gasteiger partial charge in [-0.15, -0.1) is 0 Å². The lowest BCUT2D eigenvalue weighted by Gasteiger charge is -2.04. The maximum absolute atomic E-state index is 12.3. The first-order chi connectivity index (χ1) is 8.58. The molecule has 0 radical (unpaired) electrons. The van der Waals surface area contributed by atoms with Crippen LogP contribution in [0.4, 0.5) is 0 Å². The zero-order valence-corrected chi connectivity index (χ0v) is 10.8. The zero-order valence-electron chi connectivity index (χ0n) is 10.8. The Hall–Kier alpha value is -2.10. The van der Waals surface area contributed by atoms with Crippen molar-refractivity contribution in [2.24, 2.45) is 4.99 Å². The van der Waals surface area contributed by atoms with Crippen LogP contribution in [0, 0.1) is 6.92 Å². The Labute approximate surface area is 106 Å². The summed E-state index contributed by atoms with van der Waals surface area (Å²) >= 11 is 0. The van der Waals surface area contributed by atoms with Crippen molar-refractivity contribution in [2.75, 3.05) is 0 Å². The highest BCUT2D eigenvalue weighted by Gasteiger charge is 2.12. The number of pyridine rings is 1. The highest BCUT2D eigenvalue weighted by Crippen LogP contribution is 2.07. The van der Waals surface area contributed by atoms with Gasteiger partial charge in [0.2, 0.25) is 0 Å². The van der Waals surface area contributed by atoms with E-state index < -0.39 is 0 Å². The molecule has 18 heavy (non-hydrogen) atoms. The summed E-state index contributed by atoms with van der Waals surface area (Å²) in [6.07, 6.45) is 1.70. The Morgan fingerprint density at radius 1 is 1.28 bits per heavy atom. The summed E-state index contributed by atoms with van der Waals surface area (Å²) in [6.45, 7) is 5.75. The third-order valence-electron chi connectivity index (χ3n) is 2.40. The van der Waals surface area contributed by atoms with Crippen LogP contribution in [0.3, 0.4) is 0 Å². The second-order valence-corrected chi connectivity index (χ2v) is 4.37. The van der Waals surface area contributed by atoms with Crippen molar-refractivity contribution in [2.45, 2.75) is 26.8 Å². The van der Waals surface area contributed by atoms with Crippen molar-refractivity contribution in [3.8, 4) is 0 Å². The Bertz CT molecular complexity index is 620. The van der Waals surface area contributed by atoms with Gasteiger partial charge >= 0.3 is 0 Å². The van der Waals surface area contributed by atoms with Gasteiger partial charge in [-0.25, -0.2) is 0 Å². The molecule has 2 rings (SSSR count). The first kappa shape index (κ1) is 12.4. The van der Waals surface area contributed by atoms with Crippen LogP contribution in [0.15, 0.2) is 45.9 Å². The first-order valence-electron chi connectivity index (χ1n) is 5.90. The Morgan fingerprint density at radius 3 is 2.67 bits per heavy atom. The summed E-state index contributed by atoms with van der Waals surface area (Å²) in [4.78, 5) is 16.7. The molecule has 0 aromatic carbocycles. The van der Waals surface area contributed by atoms with Gasteiger partial charge in [0.1, 0.15) is 11.2 Å². The van der Waals surface area contributed by atoms with E-state index in [0.717, 1.165) is 5.76 Å². The first-order valence-corrected chi connectivity index (χ1v) is 5.90. The molecule has 0 saturated carbocycles. The smallest absolute Gasteiger partial charge is 0.299 e. The molecule has 2 aromatic heterocycles. The van der Waals surface area contributed by atoms with E-state index in [0.29, 0.717) is 11.2 Å². The standard InChI is InChI=1S/C14H16N2O2/c1-10(2)15-13-6-4-5-9-16(13)14(17)12-8-7-11(3)18-12/h4-10H,1-3H3. The van der Waals surface area contributed by atoms with Gasteiger partial charge in [-0.1, -0.05) is 6.07 Å². The van der Waals surface area contributed by atoms with Gasteiger partial charge in [0, 0.05) is 12.2 Å². The number of carbonyl (C=O) groups is 1. The molecule has 0 aliphatic rings. The minimum absolute atomic E-state index is 0.129. The molecule has 4 nitrogen and oxygen atoms in total. The Kier molecular flexibility index (Phi) is 3.46. The summed E-state index contributed by atoms with van der Waals surface area (Å²) < 4.78 is 6.85. The molecule has 0 spiro atoms. The summed E-state index contributed by atoms with van der Waals surface area (Å²) in [7, 11) is 0. The van der Waals surface area contributed by atoms with Gasteiger partial charge in [0.25, 0.3) is 5.91 Å². The molecule has 0 aliphatic heterocycles. The summed E-state index contributed by atoms with van der Waals surface area (Å²) in [6, 6.07) is 9.05. The summed E-state index contributed by atoms with van der Waals surface area (Å²) in [5, 5.41) is 0. The number of hydrogen-bond acceptors (Lipinski definition) is 3. The number of rotatable bonds is 2. The van der Waals surface area contributed by atoms with E-state index in [2.05, 4.69) is 4.99 Å². The van der Waals surface area contributed by atoms with E-state index in [-0.39, 0.29) is 11.9 Å². The fraction of sp³-hybridized carbons (Fsp3) is 0.286. The zero-order chi connectivity index (χ0) is 13.1. The van der Waals surface area contributed by atoms with Crippen LogP contribution in [0.25, 0.3) is 0 Å². The van der Waals surface area contributed by atoms with Crippen molar-refractivity contribution < 1.29 is 9.21 Å². The molecule has 0 saturated heterocycles. The van der Waals surface area contributed by atoms with Crippen LogP contribution in [0.2, 0.25) is 0 Å². The number of hydrogen-bond donors (Lipinski definition) is 0. The minimum Gasteiger partial charge on any atom is -0.456 e. The maximum Gasteiger partial charge on any atom is 0.299 e. The fourth-order valence-electron chi connectivity index (χ4n) is 1.64. The van der Waals surface area contributed by atoms with Crippen LogP contribution >= 0.6 is 0 Å². The lowest BCUT2D eigenvalue weighted by molar-refractivity contribution is 0.0925. The highest BCUT2D eigenvalue weighted by atomic mass is 16.3. The van der Waals surface area contributed by atoms with E-state index in [1.165, 1.54) is 4.57 Å². The van der Waals surface area contributed by atoms with Crippen molar-refractivity contribution in [3.05, 3.63) is 53.5 Å². The second kappa shape index (κ2) is 5.04. The van der Waals surface area contributed by atoms with Gasteiger partial charge in [0.15, 0.2) is 5.76 Å². The molecule has 0 N–H and O–H groups in total. The van der Waals surface area contributed by atoms with E-state index >= 15 is 0 Å². The molecule has 0 atom stereocenters. The number of aromatic nitrogens is 1. The van der Waals surface area contributed by atoms with Crippen LogP contribution < -0.4 is 5.49 Å². The predicted octanol–water partition coefficient (Wildman–Crippen LogP) is 2.39. The van der Waals surface area contributed by atoms with Crippen LogP contribution in [-0.2, 0) is 0 Å². The molecule has 0 amide bonds. The number of aryl methyl sites for hydroxylation is 1. The molecule has 0 aliphatic carbocycles. The Morgan fingerprint density at radius 2 is 2.06 bits per heavy atom. The lowest BCUT2D eigenvalue weighted by Crippen LogP contribution is -2.27. The van der Waals surface area contributed by atoms with Crippen LogP contribution in [0.5, 0.6) is 0 Å². The van der Waals surface area contributed by atoms with Crippen molar-refractivity contribution in [1.82, 2.24) is 4.57 Å². The number of furan rings is 1. The molecule has 2 aromatic rings. The SMILES string of the molecule is Cc1ccc(C(=O)n2ccccc2=NC(C)C)o1. The van der Waals surface area contributed by atoms with E-state index in [9.17, 15) is 4.79 Å². The largest absolute Gasteiger partial charge is 0.456 e. The van der Waals surface area contributed by atoms with Gasteiger partial charge in [0.05, 0.1) is 0 Å². The molecule has 0 unspecified atom stereocenters. The maximum atomic E-state index is 12.3. The van der Waals surface area contributed by atoms with Crippen molar-refractivity contribution in [3.63, 3.8) is 0 Å². The van der Waals surface area contributed by atoms with E-state index in [1.807, 2.05) is 32.9 Å². The Balaban J connectivity index is 2.49. The van der Waals surface area contributed by atoms with Gasteiger partial charge < -0.3 is 4.42 Å². The lowest BCUT2D eigenvalue weighted by atomic mass is 10.3. The average Bonchev–Trinajstić information content (AvgIpc) is 2.75. The quantitative estimate of drug-likeness (QED) is 0.814. The highest BCUT2D eigenvalue weighted by molar-refractivity contribution is 5.93. The normalized spacial score (nSPS) is 12.1. The molecular formula is C14H16N2O2. The molecular weight excluding hydrogens is 228 g/mol. The van der Waals surface area contributed by atoms with Crippen molar-refractivity contribution >= 4 is 5.91 Å². The van der Waals surface area contributed by atoms with Gasteiger partial charge in [-0.05, 0) is 45.0 Å². The van der Waals surface area contributed by atoms with Gasteiger partial charge in [-0.2, -0.15) is 0 Å². The average molecular weight is 244 g/mol. The topological polar surface area (TPSA) is 47.5 Å². The molecule has 94 valence electrons. The molecule has 0 bridgehead atoms. The van der Waals surface area contributed by atoms with Gasteiger partial charge in [-0.3, -0.25) is 14.4 Å². The third kappa shape index (κ3) is 2.59. The molecule has 0 fully saturated rings. The van der Waals surface area contributed by atoms with Crippen molar-refractivity contribution in [1.29, 1.82) is 0 Å². The van der Waals surface area contributed by atoms with E-state index in [4.69, 9.17) is 4.42 Å². The van der Waals surface area contributed by atoms with Crippen LogP contribution in [0.1, 0.15) is 30.2 Å². The van der Waals surface area contributed by atoms with Crippen LogP contribution in [-0.4, -0.2) is 16.5 Å². The molecule has 2 heterocycles. The summed E-state index contributed by atoms with van der Waals surface area (Å²) in [5.41, 5.74) is 0.631. The van der Waals surface area contributed by atoms with E-state index in [1.54, 1.807) is 24.4 Å². The monoisotopic (exact) mass is 244 g/mol. The second-order valence-electron chi connectivity index (χ2n) is 4.37. The number of nitrogens with zero attached hydrogens (tertiary/aromatic N) is 2. The fourth-order valence-corrected chi connectivity index (χ4v) is 1.64. The predicted molar refractivity (Wildman–Crippen MR) is 68.3 cm³/mol. The summed E-state index contributed by atoms with van der Waals surface area (Å²) in [5.74, 6) is 0.837.